The minimum atomic E-state index is -0.339. The second-order valence-electron chi connectivity index (χ2n) is 6.48. The zero-order valence-electron chi connectivity index (χ0n) is 13.6. The summed E-state index contributed by atoms with van der Waals surface area (Å²) >= 11 is 0. The highest BCUT2D eigenvalue weighted by molar-refractivity contribution is 5.78. The average Bonchev–Trinajstić information content (AvgIpc) is 3.19. The van der Waals surface area contributed by atoms with Crippen LogP contribution in [0.3, 0.4) is 0 Å². The van der Waals surface area contributed by atoms with Gasteiger partial charge in [-0.3, -0.25) is 4.79 Å². The van der Waals surface area contributed by atoms with Crippen LogP contribution in [0, 0.1) is 0 Å². The summed E-state index contributed by atoms with van der Waals surface area (Å²) in [6.07, 6.45) is 0.860. The quantitative estimate of drug-likeness (QED) is 0.802. The highest BCUT2D eigenvalue weighted by Gasteiger charge is 2.46. The Morgan fingerprint density at radius 2 is 2.08 bits per heavy atom. The first-order valence-corrected chi connectivity index (χ1v) is 8.08. The van der Waals surface area contributed by atoms with Crippen molar-refractivity contribution >= 4 is 11.9 Å². The maximum atomic E-state index is 12.3. The van der Waals surface area contributed by atoms with Gasteiger partial charge in [-0.05, 0) is 22.4 Å². The molecule has 2 fully saturated rings. The Balaban J connectivity index is 1.48. The van der Waals surface area contributed by atoms with Crippen LogP contribution in [0.4, 0.5) is 5.95 Å². The molecule has 1 spiro atoms. The van der Waals surface area contributed by atoms with Gasteiger partial charge in [0.15, 0.2) is 0 Å². The van der Waals surface area contributed by atoms with Crippen LogP contribution in [0.25, 0.3) is 0 Å². The van der Waals surface area contributed by atoms with Gasteiger partial charge in [0, 0.05) is 20.1 Å². The molecule has 0 radical (unpaired) electrons. The van der Waals surface area contributed by atoms with E-state index in [1.165, 1.54) is 0 Å². The molecule has 2 aliphatic rings. The fourth-order valence-electron chi connectivity index (χ4n) is 3.49. The second-order valence-corrected chi connectivity index (χ2v) is 6.48. The molecule has 8 nitrogen and oxygen atoms in total. The molecule has 3 heterocycles. The number of carbonyl (C=O) groups is 1. The third-order valence-electron chi connectivity index (χ3n) is 4.75. The largest absolute Gasteiger partial charge is 0.361 e. The summed E-state index contributed by atoms with van der Waals surface area (Å²) in [5, 5.41) is 11.7. The average molecular weight is 328 g/mol. The minimum Gasteiger partial charge on any atom is -0.361 e. The number of aromatic nitrogens is 4. The van der Waals surface area contributed by atoms with Crippen molar-refractivity contribution in [2.45, 2.75) is 18.6 Å². The Labute approximate surface area is 140 Å². The van der Waals surface area contributed by atoms with Gasteiger partial charge >= 0.3 is 0 Å². The van der Waals surface area contributed by atoms with E-state index in [4.69, 9.17) is 4.74 Å². The summed E-state index contributed by atoms with van der Waals surface area (Å²) in [6.45, 7) is 2.87. The second kappa shape index (κ2) is 5.86. The monoisotopic (exact) mass is 328 g/mol. The maximum absolute atomic E-state index is 12.3. The number of hydrogen-bond donors (Lipinski definition) is 0. The van der Waals surface area contributed by atoms with Crippen LogP contribution in [0.15, 0.2) is 30.3 Å². The molecule has 126 valence electrons. The lowest BCUT2D eigenvalue weighted by Crippen LogP contribution is -2.55. The number of carbonyl (C=O) groups excluding carboxylic acids is 1. The van der Waals surface area contributed by atoms with Crippen LogP contribution >= 0.6 is 0 Å². The van der Waals surface area contributed by atoms with E-state index in [0.29, 0.717) is 19.6 Å². The number of anilines is 1. The Hall–Kier alpha value is -2.48. The van der Waals surface area contributed by atoms with Gasteiger partial charge in [0.05, 0.1) is 13.1 Å². The van der Waals surface area contributed by atoms with E-state index >= 15 is 0 Å². The summed E-state index contributed by atoms with van der Waals surface area (Å²) in [4.78, 5) is 16.3. The topological polar surface area (TPSA) is 76.4 Å². The number of ether oxygens (including phenoxy) is 1. The Bertz CT molecular complexity index is 733. The van der Waals surface area contributed by atoms with Gasteiger partial charge in [0.2, 0.25) is 11.9 Å². The molecule has 1 unspecified atom stereocenters. The van der Waals surface area contributed by atoms with Crippen molar-refractivity contribution in [3.63, 3.8) is 0 Å². The molecule has 2 saturated heterocycles. The van der Waals surface area contributed by atoms with Crippen LogP contribution in [0.2, 0.25) is 0 Å². The molecule has 1 aromatic carbocycles. The molecular weight excluding hydrogens is 308 g/mol. The van der Waals surface area contributed by atoms with Crippen molar-refractivity contribution in [3.05, 3.63) is 35.9 Å². The first kappa shape index (κ1) is 15.1. The van der Waals surface area contributed by atoms with Gasteiger partial charge in [-0.1, -0.05) is 35.4 Å². The van der Waals surface area contributed by atoms with Gasteiger partial charge in [-0.15, -0.1) is 0 Å². The third kappa shape index (κ3) is 2.73. The molecule has 0 N–H and O–H groups in total. The van der Waals surface area contributed by atoms with Crippen molar-refractivity contribution in [1.82, 2.24) is 25.1 Å². The number of rotatable bonds is 3. The molecule has 0 bridgehead atoms. The normalized spacial score (nSPS) is 24.1. The van der Waals surface area contributed by atoms with Crippen LogP contribution in [0.1, 0.15) is 12.0 Å². The summed E-state index contributed by atoms with van der Waals surface area (Å²) < 4.78 is 7.63. The van der Waals surface area contributed by atoms with Crippen LogP contribution in [-0.2, 0) is 23.1 Å². The van der Waals surface area contributed by atoms with Gasteiger partial charge in [0.1, 0.15) is 12.2 Å². The number of nitrogens with zero attached hydrogens (tertiary/aromatic N) is 6. The smallest absolute Gasteiger partial charge is 0.249 e. The molecule has 0 aliphatic carbocycles. The van der Waals surface area contributed by atoms with Gasteiger partial charge < -0.3 is 14.5 Å². The Morgan fingerprint density at radius 1 is 1.25 bits per heavy atom. The van der Waals surface area contributed by atoms with E-state index in [2.05, 4.69) is 20.4 Å². The standard InChI is InChI=1S/C16H20N6O2/c1-20-15(17-18-19-20)21-8-7-16(11-21)12-22(14(23)10-24-16)9-13-5-3-2-4-6-13/h2-6H,7-12H2,1H3. The molecule has 1 atom stereocenters. The van der Waals surface area contributed by atoms with E-state index in [-0.39, 0.29) is 18.1 Å². The van der Waals surface area contributed by atoms with E-state index in [1.54, 1.807) is 4.68 Å². The summed E-state index contributed by atoms with van der Waals surface area (Å²) in [6, 6.07) is 10.1. The fourth-order valence-corrected chi connectivity index (χ4v) is 3.49. The first-order valence-electron chi connectivity index (χ1n) is 8.08. The summed E-state index contributed by atoms with van der Waals surface area (Å²) in [7, 11) is 1.83. The molecule has 4 rings (SSSR count). The Morgan fingerprint density at radius 3 is 2.83 bits per heavy atom. The number of tetrazole rings is 1. The van der Waals surface area contributed by atoms with Crippen molar-refractivity contribution in [2.75, 3.05) is 31.1 Å². The van der Waals surface area contributed by atoms with Crippen molar-refractivity contribution in [1.29, 1.82) is 0 Å². The highest BCUT2D eigenvalue weighted by atomic mass is 16.5. The summed E-state index contributed by atoms with van der Waals surface area (Å²) in [5.74, 6) is 0.783. The van der Waals surface area contributed by atoms with Crippen molar-refractivity contribution < 1.29 is 9.53 Å². The van der Waals surface area contributed by atoms with Crippen LogP contribution < -0.4 is 4.90 Å². The van der Waals surface area contributed by atoms with Crippen molar-refractivity contribution in [2.24, 2.45) is 7.05 Å². The molecule has 24 heavy (non-hydrogen) atoms. The van der Waals surface area contributed by atoms with Gasteiger partial charge in [-0.2, -0.15) is 0 Å². The Kier molecular flexibility index (Phi) is 3.68. The number of amides is 1. The van der Waals surface area contributed by atoms with E-state index in [0.717, 1.165) is 24.5 Å². The number of aryl methyl sites for hydroxylation is 1. The zero-order chi connectivity index (χ0) is 16.6. The van der Waals surface area contributed by atoms with Crippen molar-refractivity contribution in [3.8, 4) is 0 Å². The van der Waals surface area contributed by atoms with E-state index in [1.807, 2.05) is 42.3 Å². The molecular formula is C16H20N6O2. The van der Waals surface area contributed by atoms with E-state index in [9.17, 15) is 4.79 Å². The number of morpholine rings is 1. The zero-order valence-corrected chi connectivity index (χ0v) is 13.6. The van der Waals surface area contributed by atoms with Crippen LogP contribution in [0.5, 0.6) is 0 Å². The molecule has 1 aromatic heterocycles. The first-order chi connectivity index (χ1) is 11.7. The molecule has 0 saturated carbocycles. The maximum Gasteiger partial charge on any atom is 0.249 e. The number of benzene rings is 1. The third-order valence-corrected chi connectivity index (χ3v) is 4.75. The predicted octanol–water partition coefficient (Wildman–Crippen LogP) is 0.218. The fraction of sp³-hybridized carbons (Fsp3) is 0.500. The highest BCUT2D eigenvalue weighted by Crippen LogP contribution is 2.32. The predicted molar refractivity (Wildman–Crippen MR) is 86.2 cm³/mol. The van der Waals surface area contributed by atoms with Gasteiger partial charge in [-0.25, -0.2) is 4.68 Å². The molecule has 1 amide bonds. The lowest BCUT2D eigenvalue weighted by atomic mass is 10.00. The van der Waals surface area contributed by atoms with Crippen LogP contribution in [-0.4, -0.2) is 62.9 Å². The lowest BCUT2D eigenvalue weighted by molar-refractivity contribution is -0.161. The summed E-state index contributed by atoms with van der Waals surface area (Å²) in [5.41, 5.74) is 0.796. The SMILES string of the molecule is Cn1nnnc1N1CCC2(CN(Cc3ccccc3)C(=O)CO2)C1. The minimum absolute atomic E-state index is 0.0447. The lowest BCUT2D eigenvalue weighted by Gasteiger charge is -2.40. The molecule has 8 heteroatoms. The van der Waals surface area contributed by atoms with E-state index < -0.39 is 0 Å². The molecule has 2 aromatic rings. The molecule has 2 aliphatic heterocycles. The number of hydrogen-bond acceptors (Lipinski definition) is 6. The van der Waals surface area contributed by atoms with Gasteiger partial charge in [0.25, 0.3) is 0 Å².